The molecule has 1 heterocycles. The first-order valence-corrected chi connectivity index (χ1v) is 8.05. The Hall–Kier alpha value is -2.41. The van der Waals surface area contributed by atoms with E-state index in [1.54, 1.807) is 24.3 Å². The highest BCUT2D eigenvalue weighted by Crippen LogP contribution is 2.14. The van der Waals surface area contributed by atoms with Crippen LogP contribution in [0, 0.1) is 0 Å². The van der Waals surface area contributed by atoms with E-state index in [1.807, 2.05) is 13.8 Å². The van der Waals surface area contributed by atoms with Crippen LogP contribution >= 0.6 is 0 Å². The molecule has 130 valence electrons. The van der Waals surface area contributed by atoms with Gasteiger partial charge in [0.15, 0.2) is 0 Å². The maximum Gasteiger partial charge on any atom is 0.324 e. The lowest BCUT2D eigenvalue weighted by atomic mass is 10.1. The standard InChI is InChI=1S/C17H23N3O4/c1-12(2)24-9-5-8-18-16(22)14-7-4-3-6-13(14)11-20-15(21)10-19-17(20)23/h3-4,6-7,12H,5,8-11H2,1-2H3,(H,18,22)(H,19,23). The third-order valence-corrected chi connectivity index (χ3v) is 3.59. The number of hydrogen-bond acceptors (Lipinski definition) is 4. The molecule has 7 nitrogen and oxygen atoms in total. The second kappa shape index (κ2) is 8.44. The number of urea groups is 1. The maximum absolute atomic E-state index is 12.3. The van der Waals surface area contributed by atoms with Gasteiger partial charge in [-0.1, -0.05) is 18.2 Å². The van der Waals surface area contributed by atoms with Gasteiger partial charge < -0.3 is 15.4 Å². The predicted octanol–water partition coefficient (Wildman–Crippen LogP) is 1.28. The van der Waals surface area contributed by atoms with Crippen LogP contribution in [0.15, 0.2) is 24.3 Å². The number of imide groups is 1. The quantitative estimate of drug-likeness (QED) is 0.554. The zero-order chi connectivity index (χ0) is 17.5. The van der Waals surface area contributed by atoms with Gasteiger partial charge in [-0.25, -0.2) is 4.79 Å². The molecule has 0 radical (unpaired) electrons. The van der Waals surface area contributed by atoms with Gasteiger partial charge in [0.1, 0.15) is 0 Å². The van der Waals surface area contributed by atoms with Crippen LogP contribution < -0.4 is 10.6 Å². The molecule has 1 saturated heterocycles. The highest BCUT2D eigenvalue weighted by atomic mass is 16.5. The van der Waals surface area contributed by atoms with Crippen molar-refractivity contribution in [1.82, 2.24) is 15.5 Å². The van der Waals surface area contributed by atoms with Gasteiger partial charge in [-0.3, -0.25) is 14.5 Å². The fraction of sp³-hybridized carbons (Fsp3) is 0.471. The Morgan fingerprint density at radius 2 is 2.08 bits per heavy atom. The first-order chi connectivity index (χ1) is 11.5. The monoisotopic (exact) mass is 333 g/mol. The highest BCUT2D eigenvalue weighted by Gasteiger charge is 2.29. The smallest absolute Gasteiger partial charge is 0.324 e. The van der Waals surface area contributed by atoms with Crippen molar-refractivity contribution in [2.24, 2.45) is 0 Å². The van der Waals surface area contributed by atoms with E-state index in [0.717, 1.165) is 11.3 Å². The lowest BCUT2D eigenvalue weighted by Crippen LogP contribution is -2.32. The van der Waals surface area contributed by atoms with E-state index in [4.69, 9.17) is 4.74 Å². The molecule has 24 heavy (non-hydrogen) atoms. The second-order valence-electron chi connectivity index (χ2n) is 5.82. The molecule has 1 aromatic rings. The van der Waals surface area contributed by atoms with Gasteiger partial charge in [0.25, 0.3) is 5.91 Å². The Bertz CT molecular complexity index is 600. The molecule has 1 aromatic carbocycles. The van der Waals surface area contributed by atoms with Crippen molar-refractivity contribution >= 4 is 17.8 Å². The van der Waals surface area contributed by atoms with Gasteiger partial charge in [0, 0.05) is 18.7 Å². The molecule has 0 bridgehead atoms. The summed E-state index contributed by atoms with van der Waals surface area (Å²) in [4.78, 5) is 36.8. The first-order valence-electron chi connectivity index (χ1n) is 8.05. The van der Waals surface area contributed by atoms with E-state index in [9.17, 15) is 14.4 Å². The SMILES string of the molecule is CC(C)OCCCNC(=O)c1ccccc1CN1C(=O)CNC1=O. The normalized spacial score (nSPS) is 14.2. The van der Waals surface area contributed by atoms with E-state index in [-0.39, 0.29) is 31.0 Å². The minimum Gasteiger partial charge on any atom is -0.379 e. The Labute approximate surface area is 141 Å². The fourth-order valence-corrected chi connectivity index (χ4v) is 2.35. The second-order valence-corrected chi connectivity index (χ2v) is 5.82. The van der Waals surface area contributed by atoms with Crippen LogP contribution in [0.3, 0.4) is 0 Å². The minimum atomic E-state index is -0.430. The third-order valence-electron chi connectivity index (χ3n) is 3.59. The molecule has 0 spiro atoms. The molecule has 2 rings (SSSR count). The number of carbonyl (C=O) groups is 3. The molecule has 0 saturated carbocycles. The number of nitrogens with one attached hydrogen (secondary N) is 2. The Morgan fingerprint density at radius 3 is 2.75 bits per heavy atom. The van der Waals surface area contributed by atoms with Crippen molar-refractivity contribution in [3.63, 3.8) is 0 Å². The van der Waals surface area contributed by atoms with Crippen molar-refractivity contribution < 1.29 is 19.1 Å². The largest absolute Gasteiger partial charge is 0.379 e. The first kappa shape index (κ1) is 17.9. The number of hydrogen-bond donors (Lipinski definition) is 2. The van der Waals surface area contributed by atoms with E-state index in [1.165, 1.54) is 0 Å². The number of rotatable bonds is 8. The summed E-state index contributed by atoms with van der Waals surface area (Å²) in [5.41, 5.74) is 1.11. The zero-order valence-corrected chi connectivity index (χ0v) is 14.0. The molecule has 0 unspecified atom stereocenters. The van der Waals surface area contributed by atoms with Crippen LogP contribution in [0.5, 0.6) is 0 Å². The van der Waals surface area contributed by atoms with Crippen molar-refractivity contribution in [3.8, 4) is 0 Å². The topological polar surface area (TPSA) is 87.7 Å². The highest BCUT2D eigenvalue weighted by molar-refractivity contribution is 6.02. The average Bonchev–Trinajstić information content (AvgIpc) is 2.86. The molecule has 0 aliphatic carbocycles. The summed E-state index contributed by atoms with van der Waals surface area (Å²) in [5, 5.41) is 5.31. The number of nitrogens with zero attached hydrogens (tertiary/aromatic N) is 1. The molecular formula is C17H23N3O4. The molecule has 0 atom stereocenters. The molecule has 1 aliphatic heterocycles. The molecule has 2 N–H and O–H groups in total. The Kier molecular flexibility index (Phi) is 6.31. The number of ether oxygens (including phenoxy) is 1. The maximum atomic E-state index is 12.3. The Balaban J connectivity index is 1.94. The summed E-state index contributed by atoms with van der Waals surface area (Å²) in [6.45, 7) is 5.11. The van der Waals surface area contributed by atoms with E-state index in [2.05, 4.69) is 10.6 Å². The summed E-state index contributed by atoms with van der Waals surface area (Å²) < 4.78 is 5.43. The average molecular weight is 333 g/mol. The summed E-state index contributed by atoms with van der Waals surface area (Å²) >= 11 is 0. The van der Waals surface area contributed by atoms with Gasteiger partial charge in [-0.05, 0) is 31.9 Å². The molecular weight excluding hydrogens is 310 g/mol. The van der Waals surface area contributed by atoms with Crippen molar-refractivity contribution in [1.29, 1.82) is 0 Å². The fourth-order valence-electron chi connectivity index (χ4n) is 2.35. The van der Waals surface area contributed by atoms with Crippen LogP contribution in [-0.2, 0) is 16.1 Å². The molecule has 4 amide bonds. The van der Waals surface area contributed by atoms with Crippen molar-refractivity contribution in [2.45, 2.75) is 32.9 Å². The van der Waals surface area contributed by atoms with Gasteiger partial charge in [-0.2, -0.15) is 0 Å². The summed E-state index contributed by atoms with van der Waals surface area (Å²) in [6.07, 6.45) is 0.893. The van der Waals surface area contributed by atoms with E-state index in [0.29, 0.717) is 24.3 Å². The van der Waals surface area contributed by atoms with Gasteiger partial charge >= 0.3 is 6.03 Å². The van der Waals surface area contributed by atoms with Crippen LogP contribution in [-0.4, -0.2) is 48.5 Å². The Morgan fingerprint density at radius 1 is 1.33 bits per heavy atom. The van der Waals surface area contributed by atoms with E-state index < -0.39 is 6.03 Å². The molecule has 0 aromatic heterocycles. The third kappa shape index (κ3) is 4.79. The minimum absolute atomic E-state index is 0.00302. The van der Waals surface area contributed by atoms with Gasteiger partial charge in [0.2, 0.25) is 5.91 Å². The molecule has 7 heteroatoms. The van der Waals surface area contributed by atoms with Crippen molar-refractivity contribution in [3.05, 3.63) is 35.4 Å². The van der Waals surface area contributed by atoms with Crippen LogP contribution in [0.4, 0.5) is 4.79 Å². The van der Waals surface area contributed by atoms with Gasteiger partial charge in [0.05, 0.1) is 19.2 Å². The summed E-state index contributed by atoms with van der Waals surface area (Å²) in [6, 6.07) is 6.54. The predicted molar refractivity (Wildman–Crippen MR) is 88.4 cm³/mol. The van der Waals surface area contributed by atoms with Crippen LogP contribution in [0.25, 0.3) is 0 Å². The van der Waals surface area contributed by atoms with Crippen LogP contribution in [0.2, 0.25) is 0 Å². The lowest BCUT2D eigenvalue weighted by Gasteiger charge is -2.15. The summed E-state index contributed by atoms with van der Waals surface area (Å²) in [7, 11) is 0. The number of amides is 4. The van der Waals surface area contributed by atoms with Crippen LogP contribution in [0.1, 0.15) is 36.2 Å². The zero-order valence-electron chi connectivity index (χ0n) is 14.0. The lowest BCUT2D eigenvalue weighted by molar-refractivity contribution is -0.125. The number of benzene rings is 1. The summed E-state index contributed by atoms with van der Waals surface area (Å²) in [5.74, 6) is -0.511. The van der Waals surface area contributed by atoms with Crippen molar-refractivity contribution in [2.75, 3.05) is 19.7 Å². The molecule has 1 aliphatic rings. The molecule has 1 fully saturated rings. The van der Waals surface area contributed by atoms with Gasteiger partial charge in [-0.15, -0.1) is 0 Å². The number of carbonyl (C=O) groups excluding carboxylic acids is 3. The van der Waals surface area contributed by atoms with E-state index >= 15 is 0 Å².